The van der Waals surface area contributed by atoms with Gasteiger partial charge in [0.1, 0.15) is 11.3 Å². The SMILES string of the molecule is Fc1cc(F)c2[nH]c(=S)n(C3CCCCCC3)c2c1. The molecule has 0 radical (unpaired) electrons. The smallest absolute Gasteiger partial charge is 0.178 e. The summed E-state index contributed by atoms with van der Waals surface area (Å²) in [7, 11) is 0. The van der Waals surface area contributed by atoms with Crippen LogP contribution in [0.1, 0.15) is 44.6 Å². The summed E-state index contributed by atoms with van der Waals surface area (Å²) in [5.41, 5.74) is 0.866. The van der Waals surface area contributed by atoms with E-state index in [0.29, 0.717) is 15.8 Å². The Morgan fingerprint density at radius 1 is 1.11 bits per heavy atom. The Labute approximate surface area is 115 Å². The number of hydrogen-bond donors (Lipinski definition) is 1. The fourth-order valence-electron chi connectivity index (χ4n) is 3.03. The standard InChI is InChI=1S/C14H16F2N2S/c15-9-7-11(16)13-12(8-9)18(14(19)17-13)10-5-3-1-2-4-6-10/h7-8,10H,1-6H2,(H,17,19). The molecule has 0 amide bonds. The average molecular weight is 282 g/mol. The average Bonchev–Trinajstić information content (AvgIpc) is 2.55. The minimum atomic E-state index is -0.575. The molecule has 2 nitrogen and oxygen atoms in total. The second-order valence-corrected chi connectivity index (χ2v) is 5.61. The molecule has 1 aromatic carbocycles. The summed E-state index contributed by atoms with van der Waals surface area (Å²) in [6, 6.07) is 2.52. The molecule has 102 valence electrons. The van der Waals surface area contributed by atoms with Crippen LogP contribution in [0.5, 0.6) is 0 Å². The number of fused-ring (bicyclic) bond motifs is 1. The van der Waals surface area contributed by atoms with Gasteiger partial charge in [-0.25, -0.2) is 8.78 Å². The molecule has 1 aliphatic carbocycles. The highest BCUT2D eigenvalue weighted by Crippen LogP contribution is 2.31. The first kappa shape index (κ1) is 12.8. The Kier molecular flexibility index (Phi) is 3.39. The molecule has 1 N–H and O–H groups in total. The number of rotatable bonds is 1. The number of nitrogens with one attached hydrogen (secondary N) is 1. The highest BCUT2D eigenvalue weighted by atomic mass is 32.1. The van der Waals surface area contributed by atoms with Gasteiger partial charge in [-0.15, -0.1) is 0 Å². The summed E-state index contributed by atoms with van der Waals surface area (Å²) in [6.07, 6.45) is 6.82. The van der Waals surface area contributed by atoms with Gasteiger partial charge in [0.25, 0.3) is 0 Å². The first-order valence-corrected chi connectivity index (χ1v) is 7.17. The number of aromatic amines is 1. The molecule has 3 rings (SSSR count). The van der Waals surface area contributed by atoms with Gasteiger partial charge in [-0.3, -0.25) is 0 Å². The van der Waals surface area contributed by atoms with E-state index in [1.165, 1.54) is 18.9 Å². The van der Waals surface area contributed by atoms with Crippen LogP contribution in [0, 0.1) is 16.4 Å². The maximum absolute atomic E-state index is 13.8. The Morgan fingerprint density at radius 2 is 1.79 bits per heavy atom. The lowest BCUT2D eigenvalue weighted by Crippen LogP contribution is -2.08. The monoisotopic (exact) mass is 282 g/mol. The van der Waals surface area contributed by atoms with Crippen molar-refractivity contribution in [2.45, 2.75) is 44.6 Å². The van der Waals surface area contributed by atoms with Crippen LogP contribution in [0.3, 0.4) is 0 Å². The van der Waals surface area contributed by atoms with E-state index < -0.39 is 11.6 Å². The molecule has 0 atom stereocenters. The maximum Gasteiger partial charge on any atom is 0.178 e. The van der Waals surface area contributed by atoms with Crippen LogP contribution in [0.15, 0.2) is 12.1 Å². The molecule has 0 unspecified atom stereocenters. The number of hydrogen-bond acceptors (Lipinski definition) is 1. The fourth-order valence-corrected chi connectivity index (χ4v) is 3.38. The zero-order valence-electron chi connectivity index (χ0n) is 10.6. The summed E-state index contributed by atoms with van der Waals surface area (Å²) >= 11 is 5.30. The van der Waals surface area contributed by atoms with Crippen molar-refractivity contribution in [3.05, 3.63) is 28.5 Å². The Morgan fingerprint density at radius 3 is 2.47 bits per heavy atom. The van der Waals surface area contributed by atoms with E-state index in [1.54, 1.807) is 0 Å². The number of halogens is 2. The van der Waals surface area contributed by atoms with Crippen molar-refractivity contribution in [2.75, 3.05) is 0 Å². The van der Waals surface area contributed by atoms with Crippen LogP contribution in [0.4, 0.5) is 8.78 Å². The molecule has 0 bridgehead atoms. The van der Waals surface area contributed by atoms with Crippen molar-refractivity contribution < 1.29 is 8.78 Å². The molecule has 1 heterocycles. The highest BCUT2D eigenvalue weighted by Gasteiger charge is 2.19. The number of H-pyrrole nitrogens is 1. The first-order valence-electron chi connectivity index (χ1n) is 6.76. The predicted octanol–water partition coefficient (Wildman–Crippen LogP) is 4.87. The molecular weight excluding hydrogens is 266 g/mol. The summed E-state index contributed by atoms with van der Waals surface area (Å²) in [6.45, 7) is 0. The lowest BCUT2D eigenvalue weighted by molar-refractivity contribution is 0.449. The Hall–Kier alpha value is -1.23. The van der Waals surface area contributed by atoms with E-state index in [1.807, 2.05) is 4.57 Å². The summed E-state index contributed by atoms with van der Waals surface area (Å²) in [4.78, 5) is 2.88. The topological polar surface area (TPSA) is 20.7 Å². The van der Waals surface area contributed by atoms with Crippen LogP contribution in [0.2, 0.25) is 0 Å². The van der Waals surface area contributed by atoms with Gasteiger partial charge in [0.2, 0.25) is 0 Å². The minimum Gasteiger partial charge on any atom is -0.328 e. The molecule has 5 heteroatoms. The normalized spacial score (nSPS) is 17.8. The maximum atomic E-state index is 13.8. The van der Waals surface area contributed by atoms with Gasteiger partial charge in [0.15, 0.2) is 10.6 Å². The second-order valence-electron chi connectivity index (χ2n) is 5.23. The van der Waals surface area contributed by atoms with Gasteiger partial charge in [-0.1, -0.05) is 25.7 Å². The molecule has 1 saturated carbocycles. The van der Waals surface area contributed by atoms with Crippen LogP contribution < -0.4 is 0 Å². The largest absolute Gasteiger partial charge is 0.328 e. The minimum absolute atomic E-state index is 0.255. The molecule has 0 spiro atoms. The Balaban J connectivity index is 2.16. The third-order valence-corrected chi connectivity index (χ3v) is 4.23. The number of aromatic nitrogens is 2. The van der Waals surface area contributed by atoms with E-state index in [-0.39, 0.29) is 6.04 Å². The van der Waals surface area contributed by atoms with Crippen molar-refractivity contribution in [1.82, 2.24) is 9.55 Å². The Bertz CT molecular complexity index is 651. The van der Waals surface area contributed by atoms with E-state index in [0.717, 1.165) is 31.7 Å². The third kappa shape index (κ3) is 2.31. The van der Waals surface area contributed by atoms with E-state index in [4.69, 9.17) is 12.2 Å². The lowest BCUT2D eigenvalue weighted by Gasteiger charge is -2.17. The fraction of sp³-hybridized carbons (Fsp3) is 0.500. The van der Waals surface area contributed by atoms with Crippen LogP contribution in [-0.4, -0.2) is 9.55 Å². The summed E-state index contributed by atoms with van der Waals surface area (Å²) < 4.78 is 29.6. The summed E-state index contributed by atoms with van der Waals surface area (Å²) in [5, 5.41) is 0. The van der Waals surface area contributed by atoms with Crippen LogP contribution in [0.25, 0.3) is 11.0 Å². The molecule has 2 aromatic rings. The molecule has 0 aliphatic heterocycles. The van der Waals surface area contributed by atoms with Gasteiger partial charge >= 0.3 is 0 Å². The first-order chi connectivity index (χ1) is 9.16. The molecular formula is C14H16F2N2S. The van der Waals surface area contributed by atoms with Gasteiger partial charge in [-0.2, -0.15) is 0 Å². The predicted molar refractivity (Wildman–Crippen MR) is 73.8 cm³/mol. The second kappa shape index (κ2) is 5.04. The van der Waals surface area contributed by atoms with E-state index >= 15 is 0 Å². The quantitative estimate of drug-likeness (QED) is 0.584. The highest BCUT2D eigenvalue weighted by molar-refractivity contribution is 7.71. The van der Waals surface area contributed by atoms with E-state index in [9.17, 15) is 8.78 Å². The van der Waals surface area contributed by atoms with Gasteiger partial charge < -0.3 is 9.55 Å². The number of benzene rings is 1. The number of nitrogens with zero attached hydrogens (tertiary/aromatic N) is 1. The number of imidazole rings is 1. The molecule has 19 heavy (non-hydrogen) atoms. The lowest BCUT2D eigenvalue weighted by atomic mass is 10.1. The van der Waals surface area contributed by atoms with Crippen LogP contribution in [-0.2, 0) is 0 Å². The van der Waals surface area contributed by atoms with Crippen molar-refractivity contribution in [3.63, 3.8) is 0 Å². The van der Waals surface area contributed by atoms with Gasteiger partial charge in [0.05, 0.1) is 5.52 Å². The third-order valence-electron chi connectivity index (χ3n) is 3.93. The van der Waals surface area contributed by atoms with Gasteiger partial charge in [0, 0.05) is 12.1 Å². The van der Waals surface area contributed by atoms with Crippen molar-refractivity contribution >= 4 is 23.3 Å². The molecule has 1 fully saturated rings. The molecule has 0 saturated heterocycles. The van der Waals surface area contributed by atoms with Crippen molar-refractivity contribution in [2.24, 2.45) is 0 Å². The molecule has 1 aliphatic rings. The zero-order chi connectivity index (χ0) is 13.4. The molecule has 1 aromatic heterocycles. The zero-order valence-corrected chi connectivity index (χ0v) is 11.4. The van der Waals surface area contributed by atoms with Crippen LogP contribution >= 0.6 is 12.2 Å². The van der Waals surface area contributed by atoms with Gasteiger partial charge in [-0.05, 0) is 31.1 Å². The summed E-state index contributed by atoms with van der Waals surface area (Å²) in [5.74, 6) is -1.13. The van der Waals surface area contributed by atoms with E-state index in [2.05, 4.69) is 4.98 Å². The van der Waals surface area contributed by atoms with Crippen molar-refractivity contribution in [1.29, 1.82) is 0 Å². The van der Waals surface area contributed by atoms with Crippen molar-refractivity contribution in [3.8, 4) is 0 Å².